The number of hydrogen-bond acceptors (Lipinski definition) is 5. The van der Waals surface area contributed by atoms with E-state index in [0.717, 1.165) is 6.08 Å². The second-order valence-corrected chi connectivity index (χ2v) is 18.6. The number of aliphatic hydroxyl groups is 1. The fourth-order valence-electron chi connectivity index (χ4n) is 5.52. The van der Waals surface area contributed by atoms with Crippen molar-refractivity contribution < 1.29 is 98.9 Å². The lowest BCUT2D eigenvalue weighted by atomic mass is 9.88. The molecule has 0 spiro atoms. The lowest BCUT2D eigenvalue weighted by Crippen LogP contribution is -2.74. The maximum Gasteiger partial charge on any atom is 0.460 e. The van der Waals surface area contributed by atoms with Gasteiger partial charge in [0.05, 0.1) is 12.7 Å². The molecule has 3 N–H and O–H groups in total. The number of carbonyl (C=O) groups is 1. The molecule has 0 radical (unpaired) electrons. The number of halogens is 17. The third kappa shape index (κ3) is 10.4. The molecule has 0 aliphatic heterocycles. The maximum absolute atomic E-state index is 14.8. The van der Waals surface area contributed by atoms with Gasteiger partial charge in [-0.25, -0.2) is 5.48 Å². The van der Waals surface area contributed by atoms with Crippen molar-refractivity contribution in [3.63, 3.8) is 0 Å². The summed E-state index contributed by atoms with van der Waals surface area (Å²) in [5.41, 5.74) is 0.131. The lowest BCUT2D eigenvalue weighted by Gasteiger charge is -2.44. The van der Waals surface area contributed by atoms with Crippen LogP contribution in [0.5, 0.6) is 5.75 Å². The highest BCUT2D eigenvalue weighted by atomic mass is 28.4. The van der Waals surface area contributed by atoms with Gasteiger partial charge in [0.25, 0.3) is 5.91 Å². The highest BCUT2D eigenvalue weighted by Crippen LogP contribution is 2.64. The van der Waals surface area contributed by atoms with E-state index < -0.39 is 98.1 Å². The first kappa shape index (κ1) is 51.9. The number of rotatable bonds is 22. The predicted molar refractivity (Wildman–Crippen MR) is 171 cm³/mol. The van der Waals surface area contributed by atoms with Crippen molar-refractivity contribution in [2.24, 2.45) is 5.92 Å². The Morgan fingerprint density at radius 3 is 1.60 bits per heavy atom. The van der Waals surface area contributed by atoms with Crippen molar-refractivity contribution >= 4 is 14.2 Å². The first-order valence-corrected chi connectivity index (χ1v) is 18.9. The van der Waals surface area contributed by atoms with Gasteiger partial charge in [0.2, 0.25) is 0 Å². The zero-order chi connectivity index (χ0) is 44.9. The van der Waals surface area contributed by atoms with Crippen LogP contribution in [0.2, 0.25) is 17.1 Å². The molecular weight excluding hydrogens is 841 g/mol. The molecule has 0 aliphatic rings. The van der Waals surface area contributed by atoms with Gasteiger partial charge in [-0.1, -0.05) is 65.0 Å². The number of alkyl halides is 17. The van der Waals surface area contributed by atoms with E-state index in [9.17, 15) is 84.5 Å². The molecule has 0 saturated carbocycles. The van der Waals surface area contributed by atoms with Gasteiger partial charge < -0.3 is 14.3 Å². The third-order valence-electron chi connectivity index (χ3n) is 9.17. The summed E-state index contributed by atoms with van der Waals surface area (Å²) in [6.45, 7) is 6.14. The molecule has 0 fully saturated rings. The van der Waals surface area contributed by atoms with Crippen molar-refractivity contribution in [1.82, 2.24) is 5.48 Å². The molecule has 1 aromatic rings. The number of amides is 1. The topological polar surface area (TPSA) is 88.0 Å². The van der Waals surface area contributed by atoms with Crippen LogP contribution in [0.1, 0.15) is 59.1 Å². The van der Waals surface area contributed by atoms with Crippen molar-refractivity contribution in [3.05, 3.63) is 54.1 Å². The zero-order valence-corrected chi connectivity index (χ0v) is 31.5. The average molecular weight is 882 g/mol. The molecule has 0 heterocycles. The van der Waals surface area contributed by atoms with Crippen molar-refractivity contribution in [1.29, 1.82) is 0 Å². The molecule has 0 bridgehead atoms. The zero-order valence-electron chi connectivity index (χ0n) is 30.5. The summed E-state index contributed by atoms with van der Waals surface area (Å²) in [6, 6.07) is 4.48. The van der Waals surface area contributed by atoms with Crippen LogP contribution in [-0.4, -0.2) is 85.4 Å². The number of hydroxylamine groups is 1. The van der Waals surface area contributed by atoms with E-state index in [4.69, 9.17) is 14.4 Å². The second-order valence-electron chi connectivity index (χ2n) is 13.6. The van der Waals surface area contributed by atoms with Gasteiger partial charge in [0.1, 0.15) is 12.4 Å². The van der Waals surface area contributed by atoms with E-state index in [0.29, 0.717) is 12.0 Å². The normalized spacial score (nSPS) is 15.9. The molecule has 0 aromatic heterocycles. The summed E-state index contributed by atoms with van der Waals surface area (Å²) in [6.07, 6.45) is -5.44. The highest BCUT2D eigenvalue weighted by molar-refractivity contribution is 6.76. The van der Waals surface area contributed by atoms with Gasteiger partial charge in [0.15, 0.2) is 8.32 Å². The molecule has 1 aromatic carbocycles. The molecule has 6 nitrogen and oxygen atoms in total. The second kappa shape index (κ2) is 18.4. The van der Waals surface area contributed by atoms with Crippen LogP contribution < -0.4 is 10.2 Å². The van der Waals surface area contributed by atoms with Gasteiger partial charge in [0, 0.05) is 12.5 Å². The van der Waals surface area contributed by atoms with E-state index in [1.807, 2.05) is 0 Å². The first-order valence-electron chi connectivity index (χ1n) is 16.6. The number of aliphatic hydroxyl groups excluding tert-OH is 1. The number of ether oxygens (including phenoxy) is 1. The van der Waals surface area contributed by atoms with Crippen LogP contribution in [0, 0.1) is 5.92 Å². The Balaban J connectivity index is 3.15. The fourth-order valence-corrected chi connectivity index (χ4v) is 9.98. The van der Waals surface area contributed by atoms with Gasteiger partial charge in [-0.05, 0) is 47.2 Å². The third-order valence-corrected chi connectivity index (χ3v) is 14.8. The summed E-state index contributed by atoms with van der Waals surface area (Å²) >= 11 is 0. The van der Waals surface area contributed by atoms with Crippen molar-refractivity contribution in [2.45, 2.75) is 118 Å². The molecule has 24 heteroatoms. The fraction of sp³-hybridized carbons (Fsp3) is 0.667. The van der Waals surface area contributed by atoms with E-state index in [1.54, 1.807) is 13.0 Å². The minimum atomic E-state index is -8.68. The average Bonchev–Trinajstić information content (AvgIpc) is 3.09. The van der Waals surface area contributed by atoms with E-state index in [-0.39, 0.29) is 18.3 Å². The molecule has 330 valence electrons. The van der Waals surface area contributed by atoms with Gasteiger partial charge in [-0.2, -0.15) is 74.6 Å². The van der Waals surface area contributed by atoms with E-state index in [2.05, 4.69) is 0 Å². The minimum Gasteiger partial charge on any atom is -0.491 e. The SMILES string of the molecule is CC(C)[Si](CCC(F)(F)C(F)(F)C(F)(F)C(F)(F)C(F)(F)C(F)(F)C(F)(F)C(F)(F)F)(OCCOc1ccc([C@@H](O)[C@@H](C)C/C=C/C=C/C(=O)NO)cc1)C(C)C. The summed E-state index contributed by atoms with van der Waals surface area (Å²) in [7, 11) is -3.95. The van der Waals surface area contributed by atoms with Crippen LogP contribution in [0.15, 0.2) is 48.6 Å². The monoisotopic (exact) mass is 881 g/mol. The number of nitrogens with one attached hydrogen (secondary N) is 1. The van der Waals surface area contributed by atoms with Crippen molar-refractivity contribution in [2.75, 3.05) is 13.2 Å². The quantitative estimate of drug-likeness (QED) is 0.0205. The van der Waals surface area contributed by atoms with Crippen molar-refractivity contribution in [3.8, 4) is 5.75 Å². The molecule has 1 rings (SSSR count). The molecule has 1 amide bonds. The van der Waals surface area contributed by atoms with Crippen LogP contribution in [-0.2, 0) is 9.22 Å². The summed E-state index contributed by atoms with van der Waals surface area (Å²) < 4.78 is 245. The Bertz CT molecular complexity index is 1510. The predicted octanol–water partition coefficient (Wildman–Crippen LogP) is 10.9. The molecular formula is C33H40F17NO5Si. The van der Waals surface area contributed by atoms with Gasteiger partial charge in [-0.3, -0.25) is 10.0 Å². The highest BCUT2D eigenvalue weighted by Gasteiger charge is 2.95. The van der Waals surface area contributed by atoms with E-state index >= 15 is 0 Å². The first-order chi connectivity index (χ1) is 25.6. The Hall–Kier alpha value is -3.12. The number of carbonyl (C=O) groups excluding carboxylic acids is 1. The van der Waals surface area contributed by atoms with Crippen LogP contribution in [0.4, 0.5) is 74.6 Å². The van der Waals surface area contributed by atoms with Crippen LogP contribution >= 0.6 is 0 Å². The Morgan fingerprint density at radius 1 is 0.702 bits per heavy atom. The number of benzene rings is 1. The molecule has 0 unspecified atom stereocenters. The molecule has 0 saturated heterocycles. The number of hydrogen-bond donors (Lipinski definition) is 3. The van der Waals surface area contributed by atoms with Gasteiger partial charge in [-0.15, -0.1) is 0 Å². The number of allylic oxidation sites excluding steroid dienone is 3. The molecule has 57 heavy (non-hydrogen) atoms. The molecule has 2 atom stereocenters. The van der Waals surface area contributed by atoms with Crippen LogP contribution in [0.25, 0.3) is 0 Å². The summed E-state index contributed by atoms with van der Waals surface area (Å²) in [4.78, 5) is 10.9. The summed E-state index contributed by atoms with van der Waals surface area (Å²) in [5, 5.41) is 19.1. The maximum atomic E-state index is 14.8. The largest absolute Gasteiger partial charge is 0.491 e. The Morgan fingerprint density at radius 2 is 1.16 bits per heavy atom. The minimum absolute atomic E-state index is 0.167. The summed E-state index contributed by atoms with van der Waals surface area (Å²) in [5.74, 6) is -57.6. The van der Waals surface area contributed by atoms with E-state index in [1.165, 1.54) is 69.6 Å². The standard InChI is InChI=1S/C33H40F17NO5Si/c1-19(2)57(20(3)4,56-17-16-55-23-13-11-22(12-14-23)25(53)21(5)9-7-6-8-10-24(52)51-54)18-15-26(34,35)27(36,37)28(38,39)29(40,41)30(42,43)31(44,45)32(46,47)33(48,49)50/h6-8,10-14,19-21,25,53-54H,9,15-18H2,1-5H3,(H,51,52)/b7-6+,10-8+/t21-,25-/m0/s1. The van der Waals surface area contributed by atoms with Gasteiger partial charge >= 0.3 is 47.6 Å². The smallest absolute Gasteiger partial charge is 0.460 e. The molecule has 0 aliphatic carbocycles. The van der Waals surface area contributed by atoms with Crippen LogP contribution in [0.3, 0.4) is 0 Å². The Labute approximate surface area is 316 Å². The lowest BCUT2D eigenvalue weighted by molar-refractivity contribution is -0.461. The Kier molecular flexibility index (Phi) is 16.8.